The molecule has 1 fully saturated rings. The number of aryl methyl sites for hydroxylation is 1. The molecule has 2 atom stereocenters. The molecule has 0 aliphatic heterocycles. The molecule has 1 aliphatic carbocycles. The molecular weight excluding hydrogens is 428 g/mol. The van der Waals surface area contributed by atoms with Crippen LogP contribution >= 0.6 is 0 Å². The lowest BCUT2D eigenvalue weighted by molar-refractivity contribution is 0.0544. The molecule has 0 radical (unpaired) electrons. The number of ether oxygens (including phenoxy) is 1. The van der Waals surface area contributed by atoms with Crippen molar-refractivity contribution in [1.29, 1.82) is 0 Å². The first kappa shape index (κ1) is 25.8. The standard InChI is InChI=1S/C17H26N2O2.C7H8O3S/c1-18(2)15-10-5-6-11-16(15)19(3)17(20)13-8-7-9-14(12-13)21-4;1-6-2-4-7(5-3-6)11(8,9)10/h7-9,12,15-16H,5-6,10-11H2,1-4H3;2-5H,1H3,(H,8,9,10)/t15-,16?;/m1./s1. The van der Waals surface area contributed by atoms with Crippen molar-refractivity contribution in [3.05, 3.63) is 59.7 Å². The van der Waals surface area contributed by atoms with E-state index in [-0.39, 0.29) is 16.8 Å². The lowest BCUT2D eigenvalue weighted by Gasteiger charge is -2.41. The zero-order valence-electron chi connectivity index (χ0n) is 19.5. The molecule has 1 amide bonds. The van der Waals surface area contributed by atoms with Gasteiger partial charge < -0.3 is 14.5 Å². The summed E-state index contributed by atoms with van der Waals surface area (Å²) in [5.74, 6) is 0.801. The Morgan fingerprint density at radius 3 is 2.12 bits per heavy atom. The molecule has 1 N–H and O–H groups in total. The highest BCUT2D eigenvalue weighted by molar-refractivity contribution is 7.85. The second kappa shape index (κ2) is 11.4. The molecule has 32 heavy (non-hydrogen) atoms. The lowest BCUT2D eigenvalue weighted by Crippen LogP contribution is -2.51. The van der Waals surface area contributed by atoms with Crippen molar-refractivity contribution in [3.63, 3.8) is 0 Å². The zero-order chi connectivity index (χ0) is 23.9. The van der Waals surface area contributed by atoms with E-state index in [9.17, 15) is 13.2 Å². The maximum absolute atomic E-state index is 12.7. The van der Waals surface area contributed by atoms with Crippen molar-refractivity contribution in [1.82, 2.24) is 9.80 Å². The van der Waals surface area contributed by atoms with Gasteiger partial charge in [-0.05, 0) is 64.2 Å². The quantitative estimate of drug-likeness (QED) is 0.679. The third-order valence-corrected chi connectivity index (χ3v) is 6.68. The van der Waals surface area contributed by atoms with E-state index in [0.717, 1.165) is 24.2 Å². The van der Waals surface area contributed by atoms with Crippen LogP contribution in [0.1, 0.15) is 41.6 Å². The number of nitrogens with zero attached hydrogens (tertiary/aromatic N) is 2. The number of rotatable bonds is 5. The molecule has 1 unspecified atom stereocenters. The number of hydrogen-bond donors (Lipinski definition) is 1. The second-order valence-electron chi connectivity index (χ2n) is 8.32. The molecule has 1 saturated carbocycles. The van der Waals surface area contributed by atoms with Crippen LogP contribution in [0.3, 0.4) is 0 Å². The van der Waals surface area contributed by atoms with E-state index in [1.54, 1.807) is 19.2 Å². The SMILES string of the molecule is COc1cccc(C(=O)N(C)C2CCCC[C@H]2N(C)C)c1.Cc1ccc(S(=O)(=O)O)cc1. The monoisotopic (exact) mass is 462 g/mol. The topological polar surface area (TPSA) is 87.2 Å². The normalized spacial score (nSPS) is 18.5. The van der Waals surface area contributed by atoms with Gasteiger partial charge in [-0.3, -0.25) is 9.35 Å². The summed E-state index contributed by atoms with van der Waals surface area (Å²) in [6, 6.07) is 14.1. The van der Waals surface area contributed by atoms with Crippen LogP contribution in [0.25, 0.3) is 0 Å². The number of hydrogen-bond acceptors (Lipinski definition) is 5. The van der Waals surface area contributed by atoms with Crippen molar-refractivity contribution < 1.29 is 22.5 Å². The minimum Gasteiger partial charge on any atom is -0.497 e. The highest BCUT2D eigenvalue weighted by Crippen LogP contribution is 2.26. The molecule has 176 valence electrons. The van der Waals surface area contributed by atoms with Gasteiger partial charge in [0.05, 0.1) is 12.0 Å². The number of carbonyl (C=O) groups excluding carboxylic acids is 1. The summed E-state index contributed by atoms with van der Waals surface area (Å²) >= 11 is 0. The molecule has 0 spiro atoms. The Labute approximate surface area is 191 Å². The Morgan fingerprint density at radius 1 is 1.00 bits per heavy atom. The van der Waals surface area contributed by atoms with Gasteiger partial charge in [0.25, 0.3) is 16.0 Å². The third-order valence-electron chi connectivity index (χ3n) is 5.81. The molecule has 0 heterocycles. The van der Waals surface area contributed by atoms with Gasteiger partial charge in [0.15, 0.2) is 0 Å². The largest absolute Gasteiger partial charge is 0.497 e. The van der Waals surface area contributed by atoms with E-state index in [0.29, 0.717) is 11.6 Å². The Bertz CT molecular complexity index is 990. The fourth-order valence-electron chi connectivity index (χ4n) is 3.97. The molecule has 0 aromatic heterocycles. The van der Waals surface area contributed by atoms with Crippen molar-refractivity contribution in [2.75, 3.05) is 28.3 Å². The molecule has 0 bridgehead atoms. The maximum Gasteiger partial charge on any atom is 0.294 e. The Morgan fingerprint density at radius 2 is 1.59 bits per heavy atom. The minimum absolute atomic E-state index is 0.0666. The van der Waals surface area contributed by atoms with Crippen molar-refractivity contribution >= 4 is 16.0 Å². The predicted octanol–water partition coefficient (Wildman–Crippen LogP) is 3.88. The van der Waals surface area contributed by atoms with Crippen LogP contribution in [-0.2, 0) is 10.1 Å². The molecule has 2 aromatic rings. The van der Waals surface area contributed by atoms with Gasteiger partial charge in [-0.2, -0.15) is 8.42 Å². The molecule has 3 rings (SSSR count). The number of amides is 1. The molecule has 8 heteroatoms. The summed E-state index contributed by atoms with van der Waals surface area (Å²) < 4.78 is 34.8. The summed E-state index contributed by atoms with van der Waals surface area (Å²) in [7, 11) is 3.73. The number of likely N-dealkylation sites (N-methyl/N-ethyl adjacent to an activating group) is 2. The highest BCUT2D eigenvalue weighted by Gasteiger charge is 2.32. The van der Waals surface area contributed by atoms with Gasteiger partial charge in [-0.25, -0.2) is 0 Å². The van der Waals surface area contributed by atoms with Crippen LogP contribution < -0.4 is 4.74 Å². The Kier molecular flexibility index (Phi) is 9.24. The first-order chi connectivity index (χ1) is 15.0. The van der Waals surface area contributed by atoms with Gasteiger partial charge in [0.1, 0.15) is 5.75 Å². The van der Waals surface area contributed by atoms with E-state index in [1.165, 1.54) is 25.0 Å². The van der Waals surface area contributed by atoms with Gasteiger partial charge >= 0.3 is 0 Å². The zero-order valence-corrected chi connectivity index (χ0v) is 20.3. The van der Waals surface area contributed by atoms with E-state index in [4.69, 9.17) is 9.29 Å². The molecule has 0 saturated heterocycles. The van der Waals surface area contributed by atoms with Gasteiger partial charge in [-0.15, -0.1) is 0 Å². The second-order valence-corrected chi connectivity index (χ2v) is 9.74. The first-order valence-electron chi connectivity index (χ1n) is 10.7. The van der Waals surface area contributed by atoms with Crippen LogP contribution in [0.15, 0.2) is 53.4 Å². The van der Waals surface area contributed by atoms with Gasteiger partial charge in [-0.1, -0.05) is 36.6 Å². The summed E-state index contributed by atoms with van der Waals surface area (Å²) in [5.41, 5.74) is 1.65. The van der Waals surface area contributed by atoms with E-state index in [2.05, 4.69) is 19.0 Å². The number of methoxy groups -OCH3 is 1. The van der Waals surface area contributed by atoms with Crippen molar-refractivity contribution in [3.8, 4) is 5.75 Å². The fourth-order valence-corrected chi connectivity index (χ4v) is 4.45. The average Bonchev–Trinajstić information content (AvgIpc) is 2.78. The van der Waals surface area contributed by atoms with Crippen molar-refractivity contribution in [2.45, 2.75) is 49.6 Å². The fraction of sp³-hybridized carbons (Fsp3) is 0.458. The molecule has 7 nitrogen and oxygen atoms in total. The van der Waals surface area contributed by atoms with E-state index >= 15 is 0 Å². The van der Waals surface area contributed by atoms with Crippen LogP contribution in [0.4, 0.5) is 0 Å². The van der Waals surface area contributed by atoms with E-state index < -0.39 is 10.1 Å². The molecule has 1 aliphatic rings. The summed E-state index contributed by atoms with van der Waals surface area (Å²) in [5, 5.41) is 0. The van der Waals surface area contributed by atoms with Crippen molar-refractivity contribution in [2.24, 2.45) is 0 Å². The summed E-state index contributed by atoms with van der Waals surface area (Å²) in [4.78, 5) is 16.8. The third kappa shape index (κ3) is 7.05. The minimum atomic E-state index is -4.02. The average molecular weight is 463 g/mol. The molecule has 2 aromatic carbocycles. The number of benzene rings is 2. The maximum atomic E-state index is 12.7. The summed E-state index contributed by atoms with van der Waals surface area (Å²) in [6.45, 7) is 1.84. The Hall–Kier alpha value is -2.42. The van der Waals surface area contributed by atoms with E-state index in [1.807, 2.05) is 43.1 Å². The summed E-state index contributed by atoms with van der Waals surface area (Å²) in [6.07, 6.45) is 4.69. The van der Waals surface area contributed by atoms with Crippen LogP contribution in [0.2, 0.25) is 0 Å². The van der Waals surface area contributed by atoms with Gasteiger partial charge in [0.2, 0.25) is 0 Å². The highest BCUT2D eigenvalue weighted by atomic mass is 32.2. The smallest absolute Gasteiger partial charge is 0.294 e. The lowest BCUT2D eigenvalue weighted by atomic mass is 9.88. The molecular formula is C24H34N2O5S. The van der Waals surface area contributed by atoms with Crippen LogP contribution in [0, 0.1) is 6.92 Å². The van der Waals surface area contributed by atoms with Crippen LogP contribution in [0.5, 0.6) is 5.75 Å². The Balaban J connectivity index is 0.000000278. The number of carbonyl (C=O) groups is 1. The first-order valence-corrected chi connectivity index (χ1v) is 12.1. The van der Waals surface area contributed by atoms with Gasteiger partial charge in [0, 0.05) is 24.7 Å². The predicted molar refractivity (Wildman–Crippen MR) is 126 cm³/mol. The van der Waals surface area contributed by atoms with Crippen LogP contribution in [-0.4, -0.2) is 69.0 Å².